The molecule has 5 N–H and O–H groups in total. The number of amides is 2. The van der Waals surface area contributed by atoms with Crippen LogP contribution < -0.4 is 10.6 Å². The van der Waals surface area contributed by atoms with Crippen LogP contribution in [-0.2, 0) is 14.6 Å². The fourth-order valence-corrected chi connectivity index (χ4v) is 8.54. The van der Waals surface area contributed by atoms with Gasteiger partial charge in [-0.25, -0.2) is 21.6 Å². The molecule has 2 aliphatic carbocycles. The topological polar surface area (TPSA) is 153 Å². The Kier molecular flexibility index (Phi) is 9.78. The van der Waals surface area contributed by atoms with Crippen molar-refractivity contribution in [3.8, 4) is 0 Å². The number of anilines is 1. The molecule has 9 nitrogen and oxygen atoms in total. The summed E-state index contributed by atoms with van der Waals surface area (Å²) >= 11 is 6.26. The van der Waals surface area contributed by atoms with E-state index >= 15 is 0 Å². The molecule has 0 heterocycles. The van der Waals surface area contributed by atoms with Crippen LogP contribution in [0.4, 0.5) is 18.9 Å². The number of carbonyl (C=O) groups excluding carboxylic acids is 2. The quantitative estimate of drug-likeness (QED) is 0.255. The highest BCUT2D eigenvalue weighted by Gasteiger charge is 2.56. The van der Waals surface area contributed by atoms with E-state index in [-0.39, 0.29) is 52.9 Å². The predicted octanol–water partition coefficient (Wildman–Crippen LogP) is 3.98. The zero-order valence-electron chi connectivity index (χ0n) is 24.4. The highest BCUT2D eigenvalue weighted by molar-refractivity contribution is 7.92. The average Bonchev–Trinajstić information content (AvgIpc) is 3.09. The third-order valence-electron chi connectivity index (χ3n) is 8.69. The first kappa shape index (κ1) is 34.2. The lowest BCUT2D eigenvalue weighted by molar-refractivity contribution is -0.130. The maximum Gasteiger partial charge on any atom is 0.255 e. The molecule has 2 saturated carbocycles. The Hall–Kier alpha value is -2.71. The number of nitrogens with one attached hydrogen (secondary N) is 2. The summed E-state index contributed by atoms with van der Waals surface area (Å²) in [7, 11) is -4.15. The summed E-state index contributed by atoms with van der Waals surface area (Å²) in [5.74, 6) is -6.98. The summed E-state index contributed by atoms with van der Waals surface area (Å²) < 4.78 is 68.0. The van der Waals surface area contributed by atoms with E-state index in [0.717, 1.165) is 6.07 Å². The van der Waals surface area contributed by atoms with Gasteiger partial charge in [-0.1, -0.05) is 32.4 Å². The third kappa shape index (κ3) is 6.91. The van der Waals surface area contributed by atoms with E-state index in [4.69, 9.17) is 11.6 Å². The minimum atomic E-state index is -4.15. The molecular formula is C30H36ClF3N2O7S. The number of benzene rings is 2. The Morgan fingerprint density at radius 1 is 1.02 bits per heavy atom. The van der Waals surface area contributed by atoms with E-state index in [1.54, 1.807) is 20.8 Å². The summed E-state index contributed by atoms with van der Waals surface area (Å²) in [4.78, 5) is 24.6. The number of hydrogen-bond donors (Lipinski definition) is 5. The van der Waals surface area contributed by atoms with E-state index in [1.807, 2.05) is 0 Å². The second-order valence-electron chi connectivity index (χ2n) is 12.8. The van der Waals surface area contributed by atoms with Crippen LogP contribution >= 0.6 is 11.6 Å². The van der Waals surface area contributed by atoms with Gasteiger partial charge < -0.3 is 26.0 Å². The second-order valence-corrected chi connectivity index (χ2v) is 15.4. The lowest BCUT2D eigenvalue weighted by atomic mass is 9.71. The van der Waals surface area contributed by atoms with Crippen LogP contribution in [0.3, 0.4) is 0 Å². The number of fused-ring (bicyclic) bond motifs is 2. The molecule has 2 amide bonds. The van der Waals surface area contributed by atoms with E-state index < -0.39 is 73.5 Å². The molecule has 2 aliphatic rings. The summed E-state index contributed by atoms with van der Waals surface area (Å²) in [5, 5.41) is 36.4. The molecule has 4 rings (SSSR count). The van der Waals surface area contributed by atoms with Crippen LogP contribution in [0, 0.1) is 34.7 Å². The van der Waals surface area contributed by atoms with Crippen molar-refractivity contribution in [1.82, 2.24) is 5.32 Å². The van der Waals surface area contributed by atoms with Gasteiger partial charge in [-0.3, -0.25) is 9.59 Å². The SMILES string of the molecule is CC(C)(C)C(=O)NCC(O)C(O)CC1(O)C2CCC1CC(S(=O)(=O)c1cc(C(=O)Nc3cc(F)c(F)c(F)c3)ccc1Cl)C2. The Morgan fingerprint density at radius 3 is 2.14 bits per heavy atom. The van der Waals surface area contributed by atoms with Gasteiger partial charge >= 0.3 is 0 Å². The van der Waals surface area contributed by atoms with Gasteiger partial charge in [0.2, 0.25) is 5.91 Å². The van der Waals surface area contributed by atoms with Crippen LogP contribution in [0.25, 0.3) is 0 Å². The van der Waals surface area contributed by atoms with Gasteiger partial charge in [0.05, 0.1) is 33.0 Å². The molecule has 14 heteroatoms. The van der Waals surface area contributed by atoms with Crippen LogP contribution in [0.1, 0.15) is 63.2 Å². The molecule has 2 bridgehead atoms. The van der Waals surface area contributed by atoms with Gasteiger partial charge in [0.25, 0.3) is 5.91 Å². The molecule has 4 unspecified atom stereocenters. The molecule has 0 radical (unpaired) electrons. The van der Waals surface area contributed by atoms with E-state index in [2.05, 4.69) is 10.6 Å². The number of aliphatic hydroxyl groups is 3. The monoisotopic (exact) mass is 660 g/mol. The average molecular weight is 661 g/mol. The van der Waals surface area contributed by atoms with E-state index in [0.29, 0.717) is 25.0 Å². The Balaban J connectivity index is 1.47. The molecule has 0 aliphatic heterocycles. The van der Waals surface area contributed by atoms with Crippen LogP contribution in [-0.4, -0.2) is 65.2 Å². The molecule has 0 saturated heterocycles. The lowest BCUT2D eigenvalue weighted by Gasteiger charge is -2.44. The molecule has 0 aromatic heterocycles. The van der Waals surface area contributed by atoms with Crippen molar-refractivity contribution in [3.63, 3.8) is 0 Å². The molecule has 242 valence electrons. The molecule has 0 spiro atoms. The number of rotatable bonds is 9. The smallest absolute Gasteiger partial charge is 0.255 e. The first-order chi connectivity index (χ1) is 20.3. The first-order valence-corrected chi connectivity index (χ1v) is 16.1. The zero-order valence-corrected chi connectivity index (χ0v) is 26.0. The Bertz CT molecular complexity index is 1510. The third-order valence-corrected chi connectivity index (χ3v) is 11.3. The van der Waals surface area contributed by atoms with Crippen molar-refractivity contribution in [1.29, 1.82) is 0 Å². The zero-order chi connectivity index (χ0) is 32.8. The van der Waals surface area contributed by atoms with Gasteiger partial charge in [0.1, 0.15) is 0 Å². The van der Waals surface area contributed by atoms with Gasteiger partial charge in [-0.05, 0) is 55.7 Å². The van der Waals surface area contributed by atoms with Crippen molar-refractivity contribution < 1.29 is 46.5 Å². The van der Waals surface area contributed by atoms with Gasteiger partial charge in [0, 0.05) is 41.8 Å². The largest absolute Gasteiger partial charge is 0.390 e. The van der Waals surface area contributed by atoms with Crippen molar-refractivity contribution >= 4 is 38.9 Å². The van der Waals surface area contributed by atoms with Crippen molar-refractivity contribution in [2.24, 2.45) is 17.3 Å². The molecule has 44 heavy (non-hydrogen) atoms. The maximum absolute atomic E-state index is 13.8. The second kappa shape index (κ2) is 12.6. The number of aliphatic hydroxyl groups excluding tert-OH is 2. The highest BCUT2D eigenvalue weighted by atomic mass is 35.5. The molecule has 2 aromatic carbocycles. The van der Waals surface area contributed by atoms with Gasteiger partial charge in [-0.2, -0.15) is 0 Å². The van der Waals surface area contributed by atoms with Crippen molar-refractivity contribution in [2.75, 3.05) is 11.9 Å². The number of hydrogen-bond acceptors (Lipinski definition) is 7. The van der Waals surface area contributed by atoms with Crippen LogP contribution in [0.5, 0.6) is 0 Å². The molecule has 2 aromatic rings. The van der Waals surface area contributed by atoms with E-state index in [1.165, 1.54) is 12.1 Å². The summed E-state index contributed by atoms with van der Waals surface area (Å²) in [6.07, 6.45) is -1.84. The minimum Gasteiger partial charge on any atom is -0.390 e. The van der Waals surface area contributed by atoms with Gasteiger partial charge in [0.15, 0.2) is 27.3 Å². The highest BCUT2D eigenvalue weighted by Crippen LogP contribution is 2.54. The fourth-order valence-electron chi connectivity index (χ4n) is 6.14. The van der Waals surface area contributed by atoms with Crippen molar-refractivity contribution in [2.45, 2.75) is 80.8 Å². The summed E-state index contributed by atoms with van der Waals surface area (Å²) in [5.41, 5.74) is -2.69. The fraction of sp³-hybridized carbons (Fsp3) is 0.533. The standard InChI is InChI=1S/C30H36ClF3N2O7S/c1-29(2,3)28(40)35-14-24(38)23(37)13-30(41)16-5-6-17(30)10-19(9-16)44(42,43)25-8-15(4-7-20(25)31)27(39)36-18-11-21(32)26(34)22(33)12-18/h4,7-8,11-12,16-17,19,23-24,37-38,41H,5-6,9-10,13-14H2,1-3H3,(H,35,40)(H,36,39). The number of sulfone groups is 1. The van der Waals surface area contributed by atoms with Crippen LogP contribution in [0.15, 0.2) is 35.2 Å². The van der Waals surface area contributed by atoms with Crippen molar-refractivity contribution in [3.05, 3.63) is 58.4 Å². The molecule has 2 fully saturated rings. The first-order valence-electron chi connectivity index (χ1n) is 14.2. The van der Waals surface area contributed by atoms with Gasteiger partial charge in [-0.15, -0.1) is 0 Å². The molecule has 4 atom stereocenters. The molecular weight excluding hydrogens is 625 g/mol. The maximum atomic E-state index is 13.8. The number of halogens is 4. The normalized spacial score (nSPS) is 24.9. The lowest BCUT2D eigenvalue weighted by Crippen LogP contribution is -2.52. The van der Waals surface area contributed by atoms with E-state index in [9.17, 15) is 46.5 Å². The predicted molar refractivity (Wildman–Crippen MR) is 156 cm³/mol. The number of carbonyl (C=O) groups is 2. The summed E-state index contributed by atoms with van der Waals surface area (Å²) in [6, 6.07) is 4.66. The Labute approximate surface area is 258 Å². The summed E-state index contributed by atoms with van der Waals surface area (Å²) in [6.45, 7) is 4.89. The van der Waals surface area contributed by atoms with Crippen LogP contribution in [0.2, 0.25) is 5.02 Å². The Morgan fingerprint density at radius 2 is 1.59 bits per heavy atom. The minimum absolute atomic E-state index is 0.0415.